The second-order valence-corrected chi connectivity index (χ2v) is 2.23. The van der Waals surface area contributed by atoms with Gasteiger partial charge in [-0.15, -0.1) is 0 Å². The van der Waals surface area contributed by atoms with Crippen molar-refractivity contribution in [2.75, 3.05) is 12.3 Å². The second kappa shape index (κ2) is 3.85. The van der Waals surface area contributed by atoms with Crippen LogP contribution in [0.2, 0.25) is 0 Å². The Morgan fingerprint density at radius 1 is 1.67 bits per heavy atom. The van der Waals surface area contributed by atoms with Crippen LogP contribution < -0.4 is 10.5 Å². The Kier molecular flexibility index (Phi) is 2.79. The second-order valence-electron chi connectivity index (χ2n) is 2.23. The average molecular weight is 171 g/mol. The van der Waals surface area contributed by atoms with Crippen molar-refractivity contribution < 1.29 is 9.13 Å². The van der Waals surface area contributed by atoms with Gasteiger partial charge in [-0.1, -0.05) is 6.92 Å². The summed E-state index contributed by atoms with van der Waals surface area (Å²) in [4.78, 5) is 7.17. The summed E-state index contributed by atoms with van der Waals surface area (Å²) in [7, 11) is 0. The molecule has 0 aromatic carbocycles. The summed E-state index contributed by atoms with van der Waals surface area (Å²) in [6, 6.07) is 0.121. The maximum Gasteiger partial charge on any atom is 0.318 e. The highest BCUT2D eigenvalue weighted by Crippen LogP contribution is 2.08. The lowest BCUT2D eigenvalue weighted by atomic mass is 10.5. The van der Waals surface area contributed by atoms with E-state index < -0.39 is 5.82 Å². The van der Waals surface area contributed by atoms with Gasteiger partial charge in [0.1, 0.15) is 0 Å². The minimum atomic E-state index is -0.626. The smallest absolute Gasteiger partial charge is 0.318 e. The lowest BCUT2D eigenvalue weighted by Crippen LogP contribution is -2.03. The van der Waals surface area contributed by atoms with Crippen LogP contribution in [-0.4, -0.2) is 16.6 Å². The average Bonchev–Trinajstić information content (AvgIpc) is 2.07. The molecule has 12 heavy (non-hydrogen) atoms. The number of nitrogens with two attached hydrogens (primary N) is 1. The normalized spacial score (nSPS) is 9.83. The van der Waals surface area contributed by atoms with Gasteiger partial charge in [-0.05, 0) is 6.42 Å². The van der Waals surface area contributed by atoms with Gasteiger partial charge < -0.3 is 10.5 Å². The molecular formula is C7H10FN3O. The molecule has 0 aliphatic carbocycles. The Morgan fingerprint density at radius 3 is 3.00 bits per heavy atom. The van der Waals surface area contributed by atoms with Crippen molar-refractivity contribution in [1.29, 1.82) is 0 Å². The van der Waals surface area contributed by atoms with Gasteiger partial charge in [0.15, 0.2) is 11.6 Å². The van der Waals surface area contributed by atoms with E-state index >= 15 is 0 Å². The minimum Gasteiger partial charge on any atom is -0.463 e. The van der Waals surface area contributed by atoms with Crippen LogP contribution in [0.1, 0.15) is 13.3 Å². The van der Waals surface area contributed by atoms with Gasteiger partial charge in [-0.3, -0.25) is 0 Å². The zero-order chi connectivity index (χ0) is 8.97. The molecule has 1 aromatic heterocycles. The highest BCUT2D eigenvalue weighted by molar-refractivity contribution is 5.28. The minimum absolute atomic E-state index is 0.121. The Hall–Kier alpha value is -1.39. The molecular weight excluding hydrogens is 161 g/mol. The van der Waals surface area contributed by atoms with Gasteiger partial charge in [-0.25, -0.2) is 9.37 Å². The molecule has 1 rings (SSSR count). The van der Waals surface area contributed by atoms with Crippen LogP contribution >= 0.6 is 0 Å². The first-order valence-corrected chi connectivity index (χ1v) is 3.65. The van der Waals surface area contributed by atoms with Gasteiger partial charge >= 0.3 is 6.01 Å². The van der Waals surface area contributed by atoms with Crippen molar-refractivity contribution in [3.8, 4) is 6.01 Å². The van der Waals surface area contributed by atoms with E-state index in [4.69, 9.17) is 10.5 Å². The molecule has 66 valence electrons. The Labute approximate surface area is 69.6 Å². The largest absolute Gasteiger partial charge is 0.463 e. The van der Waals surface area contributed by atoms with E-state index in [1.54, 1.807) is 0 Å². The highest BCUT2D eigenvalue weighted by atomic mass is 19.1. The number of rotatable bonds is 3. The fraction of sp³-hybridized carbons (Fsp3) is 0.429. The van der Waals surface area contributed by atoms with E-state index in [1.807, 2.05) is 6.92 Å². The van der Waals surface area contributed by atoms with E-state index in [0.29, 0.717) is 6.61 Å². The van der Waals surface area contributed by atoms with E-state index in [0.717, 1.165) is 12.6 Å². The van der Waals surface area contributed by atoms with Crippen LogP contribution in [0.25, 0.3) is 0 Å². The molecule has 5 heteroatoms. The Morgan fingerprint density at radius 2 is 2.42 bits per heavy atom. The molecule has 0 aliphatic heterocycles. The Bertz CT molecular complexity index is 267. The van der Waals surface area contributed by atoms with Gasteiger partial charge in [0.05, 0.1) is 12.8 Å². The van der Waals surface area contributed by atoms with Gasteiger partial charge in [0, 0.05) is 0 Å². The predicted octanol–water partition coefficient (Wildman–Crippen LogP) is 0.987. The van der Waals surface area contributed by atoms with Gasteiger partial charge in [0.25, 0.3) is 0 Å². The summed E-state index contributed by atoms with van der Waals surface area (Å²) in [5.41, 5.74) is 5.19. The number of nitrogens with zero attached hydrogens (tertiary/aromatic N) is 2. The van der Waals surface area contributed by atoms with E-state index in [9.17, 15) is 4.39 Å². The zero-order valence-electron chi connectivity index (χ0n) is 6.75. The van der Waals surface area contributed by atoms with Crippen LogP contribution in [0.4, 0.5) is 10.2 Å². The first kappa shape index (κ1) is 8.70. The molecule has 0 unspecified atom stereocenters. The maximum absolute atomic E-state index is 12.5. The number of nitrogen functional groups attached to an aromatic ring is 1. The fourth-order valence-corrected chi connectivity index (χ4v) is 0.626. The zero-order valence-corrected chi connectivity index (χ0v) is 6.75. The summed E-state index contributed by atoms with van der Waals surface area (Å²) < 4.78 is 17.5. The van der Waals surface area contributed by atoms with Crippen molar-refractivity contribution in [2.45, 2.75) is 13.3 Å². The van der Waals surface area contributed by atoms with Crippen LogP contribution in [0.5, 0.6) is 6.01 Å². The molecule has 0 saturated carbocycles. The summed E-state index contributed by atoms with van der Waals surface area (Å²) >= 11 is 0. The Balaban J connectivity index is 2.69. The quantitative estimate of drug-likeness (QED) is 0.736. The van der Waals surface area contributed by atoms with Crippen LogP contribution in [0.15, 0.2) is 6.20 Å². The van der Waals surface area contributed by atoms with Crippen LogP contribution in [-0.2, 0) is 0 Å². The van der Waals surface area contributed by atoms with Crippen molar-refractivity contribution in [1.82, 2.24) is 9.97 Å². The van der Waals surface area contributed by atoms with Gasteiger partial charge in [-0.2, -0.15) is 4.98 Å². The molecule has 4 nitrogen and oxygen atoms in total. The summed E-state index contributed by atoms with van der Waals surface area (Å²) in [6.07, 6.45) is 1.84. The van der Waals surface area contributed by atoms with Crippen LogP contribution in [0, 0.1) is 5.82 Å². The summed E-state index contributed by atoms with van der Waals surface area (Å²) in [6.45, 7) is 2.46. The number of ether oxygens (including phenoxy) is 1. The molecule has 0 fully saturated rings. The number of anilines is 1. The molecule has 0 bridgehead atoms. The van der Waals surface area contributed by atoms with E-state index in [1.165, 1.54) is 0 Å². The van der Waals surface area contributed by atoms with Crippen molar-refractivity contribution in [3.05, 3.63) is 12.0 Å². The molecule has 0 spiro atoms. The first-order chi connectivity index (χ1) is 5.74. The molecule has 2 N–H and O–H groups in total. The summed E-state index contributed by atoms with van der Waals surface area (Å²) in [5, 5.41) is 0. The molecule has 1 aromatic rings. The molecule has 0 aliphatic rings. The van der Waals surface area contributed by atoms with Crippen molar-refractivity contribution in [2.24, 2.45) is 0 Å². The topological polar surface area (TPSA) is 61.0 Å². The van der Waals surface area contributed by atoms with Gasteiger partial charge in [0.2, 0.25) is 0 Å². The lowest BCUT2D eigenvalue weighted by molar-refractivity contribution is 0.291. The third-order valence-corrected chi connectivity index (χ3v) is 1.18. The predicted molar refractivity (Wildman–Crippen MR) is 42.2 cm³/mol. The SMILES string of the molecule is CCCOc1ncc(F)c(N)n1. The van der Waals surface area contributed by atoms with E-state index in [2.05, 4.69) is 9.97 Å². The number of hydrogen-bond donors (Lipinski definition) is 1. The molecule has 0 saturated heterocycles. The monoisotopic (exact) mass is 171 g/mol. The van der Waals surface area contributed by atoms with Crippen molar-refractivity contribution >= 4 is 5.82 Å². The first-order valence-electron chi connectivity index (χ1n) is 3.65. The standard InChI is InChI=1S/C7H10FN3O/c1-2-3-12-7-10-4-5(8)6(9)11-7/h4H,2-3H2,1H3,(H2,9,10,11). The lowest BCUT2D eigenvalue weighted by Gasteiger charge is -2.01. The van der Waals surface area contributed by atoms with Crippen LogP contribution in [0.3, 0.4) is 0 Å². The summed E-state index contributed by atoms with van der Waals surface area (Å²) in [5.74, 6) is -0.810. The number of aromatic nitrogens is 2. The third-order valence-electron chi connectivity index (χ3n) is 1.18. The number of halogens is 1. The molecule has 1 heterocycles. The molecule has 0 amide bonds. The highest BCUT2D eigenvalue weighted by Gasteiger charge is 2.02. The molecule has 0 atom stereocenters. The third kappa shape index (κ3) is 2.05. The van der Waals surface area contributed by atoms with E-state index in [-0.39, 0.29) is 11.8 Å². The number of hydrogen-bond acceptors (Lipinski definition) is 4. The van der Waals surface area contributed by atoms with Crippen molar-refractivity contribution in [3.63, 3.8) is 0 Å². The maximum atomic E-state index is 12.5. The molecule has 0 radical (unpaired) electrons. The fourth-order valence-electron chi connectivity index (χ4n) is 0.626.